The molecule has 3 aromatic heterocycles. The van der Waals surface area contributed by atoms with Gasteiger partial charge < -0.3 is 15.0 Å². The molecular formula is C16H18ClN5O. The third kappa shape index (κ3) is 2.59. The summed E-state index contributed by atoms with van der Waals surface area (Å²) in [5, 5.41) is 1.19. The van der Waals surface area contributed by atoms with Crippen molar-refractivity contribution in [3.8, 4) is 5.75 Å². The first-order valence-corrected chi connectivity index (χ1v) is 7.57. The van der Waals surface area contributed by atoms with E-state index in [1.807, 2.05) is 37.7 Å². The lowest BCUT2D eigenvalue weighted by Gasteiger charge is -2.13. The third-order valence-electron chi connectivity index (χ3n) is 3.95. The van der Waals surface area contributed by atoms with E-state index in [-0.39, 0.29) is 5.95 Å². The number of nitrogens with two attached hydrogens (primary N) is 1. The zero-order valence-corrected chi connectivity index (χ0v) is 14.3. The van der Waals surface area contributed by atoms with E-state index in [1.54, 1.807) is 7.11 Å². The quantitative estimate of drug-likeness (QED) is 0.746. The Morgan fingerprint density at radius 1 is 1.22 bits per heavy atom. The van der Waals surface area contributed by atoms with E-state index in [1.165, 1.54) is 0 Å². The average molecular weight is 332 g/mol. The van der Waals surface area contributed by atoms with Gasteiger partial charge in [0, 0.05) is 23.5 Å². The topological polar surface area (TPSA) is 78.8 Å². The Hall–Kier alpha value is -2.34. The number of aromatic nitrogens is 4. The van der Waals surface area contributed by atoms with E-state index < -0.39 is 0 Å². The van der Waals surface area contributed by atoms with Crippen molar-refractivity contribution in [2.24, 2.45) is 0 Å². The molecule has 0 amide bonds. The maximum absolute atomic E-state index is 6.20. The largest absolute Gasteiger partial charge is 0.496 e. The molecule has 2 N–H and O–H groups in total. The minimum absolute atomic E-state index is 0.160. The van der Waals surface area contributed by atoms with Crippen molar-refractivity contribution in [2.45, 2.75) is 27.3 Å². The van der Waals surface area contributed by atoms with E-state index in [4.69, 9.17) is 22.1 Å². The summed E-state index contributed by atoms with van der Waals surface area (Å²) in [6.07, 6.45) is 3.80. The van der Waals surface area contributed by atoms with Crippen molar-refractivity contribution in [1.29, 1.82) is 0 Å². The van der Waals surface area contributed by atoms with Crippen LogP contribution in [0.2, 0.25) is 5.15 Å². The summed E-state index contributed by atoms with van der Waals surface area (Å²) in [4.78, 5) is 12.9. The second kappa shape index (κ2) is 5.70. The number of pyridine rings is 1. The highest BCUT2D eigenvalue weighted by Gasteiger charge is 2.15. The smallest absolute Gasteiger partial charge is 0.223 e. The predicted octanol–water partition coefficient (Wildman–Crippen LogP) is 3.04. The molecule has 7 heteroatoms. The number of hydrogen-bond donors (Lipinski definition) is 1. The van der Waals surface area contributed by atoms with Gasteiger partial charge in [0.1, 0.15) is 16.5 Å². The van der Waals surface area contributed by atoms with Gasteiger partial charge in [-0.1, -0.05) is 11.6 Å². The number of fused-ring (bicyclic) bond motifs is 1. The molecule has 3 aromatic rings. The number of rotatable bonds is 3. The first kappa shape index (κ1) is 15.6. The second-order valence-electron chi connectivity index (χ2n) is 5.56. The van der Waals surface area contributed by atoms with Crippen molar-refractivity contribution in [2.75, 3.05) is 12.8 Å². The van der Waals surface area contributed by atoms with Gasteiger partial charge >= 0.3 is 0 Å². The molecule has 0 radical (unpaired) electrons. The SMILES string of the molecule is COc1c(C)cnc(Cn2cc(C)c3c(Cl)nc(N)nc32)c1C. The molecule has 0 saturated carbocycles. The molecule has 120 valence electrons. The van der Waals surface area contributed by atoms with Crippen molar-refractivity contribution in [3.05, 3.63) is 39.9 Å². The Bertz CT molecular complexity index is 903. The number of nitrogen functional groups attached to an aromatic ring is 1. The first-order chi connectivity index (χ1) is 10.9. The van der Waals surface area contributed by atoms with Crippen molar-refractivity contribution >= 4 is 28.6 Å². The Balaban J connectivity index is 2.13. The molecule has 0 aromatic carbocycles. The van der Waals surface area contributed by atoms with Crippen LogP contribution in [-0.4, -0.2) is 26.6 Å². The Morgan fingerprint density at radius 3 is 2.65 bits per heavy atom. The molecule has 0 aliphatic rings. The number of hydrogen-bond acceptors (Lipinski definition) is 5. The summed E-state index contributed by atoms with van der Waals surface area (Å²) in [5.41, 5.74) is 10.4. The summed E-state index contributed by atoms with van der Waals surface area (Å²) in [6.45, 7) is 6.51. The molecule has 3 rings (SSSR count). The van der Waals surface area contributed by atoms with Crippen LogP contribution in [0.1, 0.15) is 22.4 Å². The van der Waals surface area contributed by atoms with Crippen LogP contribution in [0.15, 0.2) is 12.4 Å². The van der Waals surface area contributed by atoms with E-state index >= 15 is 0 Å². The maximum Gasteiger partial charge on any atom is 0.223 e. The molecule has 0 aliphatic carbocycles. The molecule has 0 spiro atoms. The van der Waals surface area contributed by atoms with E-state index in [0.717, 1.165) is 33.5 Å². The Labute approximate surface area is 139 Å². The van der Waals surface area contributed by atoms with Gasteiger partial charge in [0.2, 0.25) is 5.95 Å². The van der Waals surface area contributed by atoms with E-state index in [9.17, 15) is 0 Å². The van der Waals surface area contributed by atoms with Crippen molar-refractivity contribution in [1.82, 2.24) is 19.5 Å². The fourth-order valence-electron chi connectivity index (χ4n) is 2.86. The summed E-state index contributed by atoms with van der Waals surface area (Å²) in [5.74, 6) is 1.02. The van der Waals surface area contributed by atoms with E-state index in [0.29, 0.717) is 17.3 Å². The van der Waals surface area contributed by atoms with Crippen molar-refractivity contribution < 1.29 is 4.74 Å². The lowest BCUT2D eigenvalue weighted by molar-refractivity contribution is 0.406. The molecule has 0 aliphatic heterocycles. The average Bonchev–Trinajstić information content (AvgIpc) is 2.79. The van der Waals surface area contributed by atoms with Gasteiger partial charge in [-0.15, -0.1) is 0 Å². The molecular weight excluding hydrogens is 314 g/mol. The number of methoxy groups -OCH3 is 1. The van der Waals surface area contributed by atoms with Crippen LogP contribution in [0.5, 0.6) is 5.75 Å². The second-order valence-corrected chi connectivity index (χ2v) is 5.92. The number of anilines is 1. The highest BCUT2D eigenvalue weighted by atomic mass is 35.5. The van der Waals surface area contributed by atoms with Gasteiger partial charge in [0.25, 0.3) is 0 Å². The zero-order chi connectivity index (χ0) is 16.7. The highest BCUT2D eigenvalue weighted by molar-refractivity contribution is 6.34. The lowest BCUT2D eigenvalue weighted by Crippen LogP contribution is -2.07. The number of nitrogens with zero attached hydrogens (tertiary/aromatic N) is 4. The third-order valence-corrected chi connectivity index (χ3v) is 4.22. The van der Waals surface area contributed by atoms with E-state index in [2.05, 4.69) is 15.0 Å². The van der Waals surface area contributed by atoms with Crippen LogP contribution in [0, 0.1) is 20.8 Å². The summed E-state index contributed by atoms with van der Waals surface area (Å²) < 4.78 is 7.45. The fraction of sp³-hybridized carbons (Fsp3) is 0.312. The maximum atomic E-state index is 6.20. The lowest BCUT2D eigenvalue weighted by atomic mass is 10.1. The van der Waals surface area contributed by atoms with Crippen LogP contribution in [0.3, 0.4) is 0 Å². The summed E-state index contributed by atoms with van der Waals surface area (Å²) >= 11 is 6.20. The van der Waals surface area contributed by atoms with Crippen LogP contribution >= 0.6 is 11.6 Å². The van der Waals surface area contributed by atoms with Gasteiger partial charge in [-0.05, 0) is 26.3 Å². The molecule has 0 bridgehead atoms. The fourth-order valence-corrected chi connectivity index (χ4v) is 3.18. The minimum atomic E-state index is 0.160. The first-order valence-electron chi connectivity index (χ1n) is 7.20. The number of ether oxygens (including phenoxy) is 1. The zero-order valence-electron chi connectivity index (χ0n) is 13.5. The van der Waals surface area contributed by atoms with Crippen LogP contribution in [0.25, 0.3) is 11.0 Å². The van der Waals surface area contributed by atoms with Gasteiger partial charge in [0.05, 0.1) is 24.7 Å². The van der Waals surface area contributed by atoms with Crippen LogP contribution < -0.4 is 10.5 Å². The van der Waals surface area contributed by atoms with Gasteiger partial charge in [-0.25, -0.2) is 4.98 Å². The highest BCUT2D eigenvalue weighted by Crippen LogP contribution is 2.29. The molecule has 6 nitrogen and oxygen atoms in total. The van der Waals surface area contributed by atoms with Crippen LogP contribution in [0.4, 0.5) is 5.95 Å². The van der Waals surface area contributed by atoms with Crippen molar-refractivity contribution in [3.63, 3.8) is 0 Å². The van der Waals surface area contributed by atoms with Gasteiger partial charge in [-0.2, -0.15) is 4.98 Å². The number of halogens is 1. The monoisotopic (exact) mass is 331 g/mol. The number of aryl methyl sites for hydroxylation is 2. The standard InChI is InChI=1S/C16H18ClN5O/c1-8-5-19-11(10(3)13(8)23-4)7-22-6-9(2)12-14(17)20-16(18)21-15(12)22/h5-6H,7H2,1-4H3,(H2,18,20,21). The summed E-state index contributed by atoms with van der Waals surface area (Å²) in [6, 6.07) is 0. The normalized spacial score (nSPS) is 11.2. The van der Waals surface area contributed by atoms with Crippen LogP contribution in [-0.2, 0) is 6.54 Å². The summed E-state index contributed by atoms with van der Waals surface area (Å²) in [7, 11) is 1.67. The Kier molecular flexibility index (Phi) is 3.85. The molecule has 0 saturated heterocycles. The molecule has 0 fully saturated rings. The molecule has 0 atom stereocenters. The molecule has 3 heterocycles. The molecule has 23 heavy (non-hydrogen) atoms. The minimum Gasteiger partial charge on any atom is -0.496 e. The Morgan fingerprint density at radius 2 is 1.96 bits per heavy atom. The molecule has 0 unspecified atom stereocenters. The van der Waals surface area contributed by atoms with Gasteiger partial charge in [-0.3, -0.25) is 4.98 Å². The van der Waals surface area contributed by atoms with Gasteiger partial charge in [0.15, 0.2) is 0 Å². The predicted molar refractivity (Wildman–Crippen MR) is 91.1 cm³/mol.